The number of carbonyl (C=O) groups excluding carboxylic acids is 2. The molecule has 2 heterocycles. The fourth-order valence-corrected chi connectivity index (χ4v) is 4.16. The second kappa shape index (κ2) is 8.22. The fraction of sp³-hybridized carbons (Fsp3) is 0.240. The first kappa shape index (κ1) is 22.3. The predicted octanol–water partition coefficient (Wildman–Crippen LogP) is 4.46. The maximum atomic E-state index is 13.6. The van der Waals surface area contributed by atoms with Crippen LogP contribution in [0.1, 0.15) is 31.9 Å². The molecule has 2 atom stereocenters. The van der Waals surface area contributed by atoms with Crippen molar-refractivity contribution in [1.29, 1.82) is 0 Å². The van der Waals surface area contributed by atoms with Crippen LogP contribution in [0, 0.1) is 0 Å². The van der Waals surface area contributed by atoms with E-state index in [4.69, 9.17) is 4.74 Å². The van der Waals surface area contributed by atoms with Crippen molar-refractivity contribution in [2.75, 3.05) is 0 Å². The Morgan fingerprint density at radius 3 is 2.55 bits per heavy atom. The average molecular weight is 448 g/mol. The molecule has 1 aromatic heterocycles. The number of ether oxygens (including phenoxy) is 1. The number of carboxylic acid groups (broad SMARTS) is 1. The molecular weight excluding hydrogens is 422 g/mol. The summed E-state index contributed by atoms with van der Waals surface area (Å²) in [6.07, 6.45) is 4.57. The van der Waals surface area contributed by atoms with Gasteiger partial charge in [0.2, 0.25) is 0 Å². The van der Waals surface area contributed by atoms with E-state index in [1.165, 1.54) is 6.20 Å². The van der Waals surface area contributed by atoms with Gasteiger partial charge in [0.1, 0.15) is 11.8 Å². The minimum absolute atomic E-state index is 0.00308. The van der Waals surface area contributed by atoms with Crippen LogP contribution in [0.5, 0.6) is 0 Å². The molecule has 0 saturated carbocycles. The summed E-state index contributed by atoms with van der Waals surface area (Å²) in [5, 5.41) is 12.1. The standard InChI is InChI=1S/C25H25N3O5/c1-25(2,3)33-24(32)28(13-12-17-8-4-7-11-22(17)28)27(16-29)21(23(30)31)14-18-15-26-20-10-6-5-9-19(18)20/h4-13,15-16,21,26H,14H2,1-3H3/p+1/t21-,28?/m1/s1. The Balaban J connectivity index is 1.83. The van der Waals surface area contributed by atoms with E-state index >= 15 is 0 Å². The number of benzene rings is 2. The highest BCUT2D eigenvalue weighted by molar-refractivity contribution is 5.94. The Morgan fingerprint density at radius 2 is 1.85 bits per heavy atom. The number of hydrogen-bond acceptors (Lipinski definition) is 4. The lowest BCUT2D eigenvalue weighted by Gasteiger charge is -2.39. The van der Waals surface area contributed by atoms with Crippen molar-refractivity contribution in [3.8, 4) is 0 Å². The van der Waals surface area contributed by atoms with Crippen LogP contribution in [0.3, 0.4) is 0 Å². The summed E-state index contributed by atoms with van der Waals surface area (Å²) in [6.45, 7) is 5.16. The van der Waals surface area contributed by atoms with Crippen molar-refractivity contribution in [2.45, 2.75) is 38.8 Å². The first-order valence-corrected chi connectivity index (χ1v) is 10.6. The van der Waals surface area contributed by atoms with E-state index in [0.717, 1.165) is 21.5 Å². The van der Waals surface area contributed by atoms with E-state index in [-0.39, 0.29) is 6.42 Å². The third-order valence-corrected chi connectivity index (χ3v) is 5.61. The van der Waals surface area contributed by atoms with Crippen molar-refractivity contribution in [3.63, 3.8) is 0 Å². The van der Waals surface area contributed by atoms with Gasteiger partial charge in [0.25, 0.3) is 6.41 Å². The third kappa shape index (κ3) is 3.89. The molecule has 2 aromatic carbocycles. The van der Waals surface area contributed by atoms with E-state index in [1.807, 2.05) is 30.3 Å². The summed E-state index contributed by atoms with van der Waals surface area (Å²) in [4.78, 5) is 41.7. The Hall–Kier alpha value is -3.91. The molecule has 2 amide bonds. The summed E-state index contributed by atoms with van der Waals surface area (Å²) in [5.41, 5.74) is 1.88. The topological polar surface area (TPSA) is 99.7 Å². The molecule has 3 aromatic rings. The number of H-pyrrole nitrogens is 1. The van der Waals surface area contributed by atoms with Crippen LogP contribution in [0.15, 0.2) is 60.9 Å². The maximum absolute atomic E-state index is 13.6. The van der Waals surface area contributed by atoms with Crippen LogP contribution in [0.4, 0.5) is 10.5 Å². The van der Waals surface area contributed by atoms with Crippen molar-refractivity contribution in [2.24, 2.45) is 0 Å². The lowest BCUT2D eigenvalue weighted by atomic mass is 10.0. The highest BCUT2D eigenvalue weighted by Crippen LogP contribution is 2.40. The number of quaternary nitrogens is 1. The summed E-state index contributed by atoms with van der Waals surface area (Å²) >= 11 is 0. The Morgan fingerprint density at radius 1 is 1.15 bits per heavy atom. The number of para-hydroxylation sites is 2. The van der Waals surface area contributed by atoms with Gasteiger partial charge < -0.3 is 14.8 Å². The second-order valence-corrected chi connectivity index (χ2v) is 8.94. The Labute approximate surface area is 191 Å². The number of aromatic amines is 1. The number of carbonyl (C=O) groups is 3. The number of rotatable bonds is 6. The Kier molecular flexibility index (Phi) is 5.55. The quantitative estimate of drug-likeness (QED) is 0.428. The lowest BCUT2D eigenvalue weighted by Crippen LogP contribution is -2.66. The number of carboxylic acids is 1. The molecule has 0 radical (unpaired) electrons. The molecule has 0 saturated heterocycles. The normalized spacial score (nSPS) is 18.0. The van der Waals surface area contributed by atoms with Crippen LogP contribution in [0.25, 0.3) is 17.0 Å². The van der Waals surface area contributed by atoms with Crippen LogP contribution in [-0.2, 0) is 20.7 Å². The van der Waals surface area contributed by atoms with Gasteiger partial charge in [0.15, 0.2) is 11.7 Å². The van der Waals surface area contributed by atoms with Gasteiger partial charge in [-0.3, -0.25) is 4.79 Å². The van der Waals surface area contributed by atoms with Gasteiger partial charge in [-0.15, -0.1) is 0 Å². The van der Waals surface area contributed by atoms with Gasteiger partial charge in [-0.25, -0.2) is 4.79 Å². The first-order chi connectivity index (χ1) is 15.7. The van der Waals surface area contributed by atoms with Crippen molar-refractivity contribution >= 4 is 41.1 Å². The molecule has 0 fully saturated rings. The molecule has 1 unspecified atom stereocenters. The number of nitrogens with one attached hydrogen (secondary N) is 1. The predicted molar refractivity (Wildman–Crippen MR) is 125 cm³/mol. The molecule has 4 rings (SSSR count). The monoisotopic (exact) mass is 448 g/mol. The smallest absolute Gasteiger partial charge is 0.480 e. The summed E-state index contributed by atoms with van der Waals surface area (Å²) in [7, 11) is 0. The minimum atomic E-state index is -1.34. The molecule has 33 heavy (non-hydrogen) atoms. The van der Waals surface area contributed by atoms with Crippen molar-refractivity contribution in [1.82, 2.24) is 14.6 Å². The first-order valence-electron chi connectivity index (χ1n) is 10.6. The number of amides is 2. The van der Waals surface area contributed by atoms with Gasteiger partial charge in [-0.1, -0.05) is 34.9 Å². The molecule has 2 N–H and O–H groups in total. The number of aromatic nitrogens is 1. The highest BCUT2D eigenvalue weighted by atomic mass is 16.6. The number of aliphatic carboxylic acids is 1. The van der Waals surface area contributed by atoms with E-state index in [9.17, 15) is 19.5 Å². The van der Waals surface area contributed by atoms with Gasteiger partial charge >= 0.3 is 12.1 Å². The lowest BCUT2D eigenvalue weighted by molar-refractivity contribution is -0.154. The van der Waals surface area contributed by atoms with Crippen LogP contribution >= 0.6 is 0 Å². The van der Waals surface area contributed by atoms with Crippen molar-refractivity contribution < 1.29 is 24.2 Å². The SMILES string of the molecule is CC(C)(C)OC(=O)[N+]1(N(C=O)[C@H](Cc2c[nH]c3ccccc23)C(=O)O)C=Cc2ccccc21. The molecule has 8 heteroatoms. The third-order valence-electron chi connectivity index (χ3n) is 5.61. The van der Waals surface area contributed by atoms with Crippen LogP contribution < -0.4 is 4.59 Å². The van der Waals surface area contributed by atoms with Crippen molar-refractivity contribution in [3.05, 3.63) is 72.1 Å². The fourth-order valence-electron chi connectivity index (χ4n) is 4.16. The van der Waals surface area contributed by atoms with Gasteiger partial charge in [0.05, 0.1) is 0 Å². The molecule has 170 valence electrons. The number of hydrogen-bond donors (Lipinski definition) is 2. The molecule has 0 spiro atoms. The summed E-state index contributed by atoms with van der Waals surface area (Å²) in [6, 6.07) is 13.2. The van der Waals surface area contributed by atoms with E-state index in [2.05, 4.69) is 4.98 Å². The number of fused-ring (bicyclic) bond motifs is 2. The van der Waals surface area contributed by atoms with Crippen LogP contribution in [-0.4, -0.2) is 45.2 Å². The van der Waals surface area contributed by atoms with E-state index < -0.39 is 28.3 Å². The molecule has 0 aliphatic carbocycles. The molecule has 1 aliphatic rings. The molecule has 0 bridgehead atoms. The Bertz CT molecular complexity index is 1260. The zero-order valence-corrected chi connectivity index (χ0v) is 18.7. The van der Waals surface area contributed by atoms with Gasteiger partial charge in [0, 0.05) is 41.2 Å². The molecule has 8 nitrogen and oxygen atoms in total. The van der Waals surface area contributed by atoms with E-state index in [0.29, 0.717) is 17.7 Å². The summed E-state index contributed by atoms with van der Waals surface area (Å²) in [5.74, 6) is -1.23. The zero-order chi connectivity index (χ0) is 23.8. The highest BCUT2D eigenvalue weighted by Gasteiger charge is 2.55. The van der Waals surface area contributed by atoms with Gasteiger partial charge in [-0.05, 0) is 38.5 Å². The zero-order valence-electron chi connectivity index (χ0n) is 18.7. The van der Waals surface area contributed by atoms with E-state index in [1.54, 1.807) is 51.2 Å². The van der Waals surface area contributed by atoms with Crippen LogP contribution in [0.2, 0.25) is 0 Å². The largest absolute Gasteiger partial charge is 0.552 e. The molecule has 1 aliphatic heterocycles. The average Bonchev–Trinajstić information content (AvgIpc) is 3.35. The summed E-state index contributed by atoms with van der Waals surface area (Å²) < 4.78 is 4.89. The second-order valence-electron chi connectivity index (χ2n) is 8.94. The number of nitrogens with zero attached hydrogens (tertiary/aromatic N) is 2. The molecular formula is C25H26N3O5+. The maximum Gasteiger partial charge on any atom is 0.552 e. The van der Waals surface area contributed by atoms with Gasteiger partial charge in [-0.2, -0.15) is 9.80 Å². The minimum Gasteiger partial charge on any atom is -0.480 e.